The van der Waals surface area contributed by atoms with E-state index >= 15 is 0 Å². The van der Waals surface area contributed by atoms with Gasteiger partial charge in [-0.25, -0.2) is 4.79 Å². The molecule has 7 heteroatoms. The number of hydrogen-bond acceptors (Lipinski definition) is 5. The molecular formula is C19H24ClNO5. The molecule has 0 aromatic heterocycles. The van der Waals surface area contributed by atoms with Gasteiger partial charge < -0.3 is 19.1 Å². The smallest absolute Gasteiger partial charge is 0.331 e. The normalized spacial score (nSPS) is 17.2. The van der Waals surface area contributed by atoms with Crippen LogP contribution >= 0.6 is 11.6 Å². The zero-order valence-corrected chi connectivity index (χ0v) is 16.0. The first-order valence-electron chi connectivity index (χ1n) is 8.48. The summed E-state index contributed by atoms with van der Waals surface area (Å²) < 4.78 is 15.4. The number of piperidine rings is 1. The molecule has 0 saturated carbocycles. The van der Waals surface area contributed by atoms with Crippen LogP contribution in [0, 0.1) is 5.92 Å². The van der Waals surface area contributed by atoms with Gasteiger partial charge >= 0.3 is 5.97 Å². The monoisotopic (exact) mass is 381 g/mol. The summed E-state index contributed by atoms with van der Waals surface area (Å²) in [7, 11) is 3.00. The van der Waals surface area contributed by atoms with E-state index < -0.39 is 5.97 Å². The Morgan fingerprint density at radius 1 is 1.31 bits per heavy atom. The number of carbonyl (C=O) groups is 2. The molecule has 1 aliphatic rings. The minimum atomic E-state index is -0.589. The highest BCUT2D eigenvalue weighted by molar-refractivity contribution is 6.32. The number of amides is 1. The summed E-state index contributed by atoms with van der Waals surface area (Å²) in [5.41, 5.74) is 0.654. The van der Waals surface area contributed by atoms with Gasteiger partial charge in [0.1, 0.15) is 0 Å². The van der Waals surface area contributed by atoms with Gasteiger partial charge in [-0.15, -0.1) is 0 Å². The van der Waals surface area contributed by atoms with Crippen molar-refractivity contribution in [3.63, 3.8) is 0 Å². The van der Waals surface area contributed by atoms with Gasteiger partial charge in [0.05, 0.1) is 19.2 Å². The molecular weight excluding hydrogens is 358 g/mol. The molecule has 1 aliphatic heterocycles. The lowest BCUT2D eigenvalue weighted by Gasteiger charge is -2.30. The fourth-order valence-electron chi connectivity index (χ4n) is 2.89. The largest absolute Gasteiger partial charge is 0.493 e. The number of halogens is 1. The van der Waals surface area contributed by atoms with Crippen LogP contribution in [0.4, 0.5) is 0 Å². The van der Waals surface area contributed by atoms with Crippen LogP contribution in [0.3, 0.4) is 0 Å². The first-order valence-corrected chi connectivity index (χ1v) is 8.86. The maximum Gasteiger partial charge on any atom is 0.331 e. The molecule has 1 amide bonds. The summed E-state index contributed by atoms with van der Waals surface area (Å²) in [4.78, 5) is 25.7. The second-order valence-electron chi connectivity index (χ2n) is 6.27. The highest BCUT2D eigenvalue weighted by Gasteiger charge is 2.21. The van der Waals surface area contributed by atoms with Crippen molar-refractivity contribution >= 4 is 29.6 Å². The fraction of sp³-hybridized carbons (Fsp3) is 0.474. The van der Waals surface area contributed by atoms with Crippen molar-refractivity contribution < 1.29 is 23.8 Å². The van der Waals surface area contributed by atoms with E-state index in [1.54, 1.807) is 23.1 Å². The highest BCUT2D eigenvalue weighted by Crippen LogP contribution is 2.36. The van der Waals surface area contributed by atoms with Gasteiger partial charge in [-0.3, -0.25) is 4.79 Å². The maximum atomic E-state index is 12.1. The standard InChI is InChI=1S/C19H24ClNO5/c1-13-5-4-8-21(11-13)17(22)12-26-18(23)7-6-14-9-15(20)19(25-3)16(10-14)24-2/h6-7,9-10,13H,4-5,8,11-12H2,1-3H3/b7-6+. The Hall–Kier alpha value is -2.21. The van der Waals surface area contributed by atoms with E-state index in [1.165, 1.54) is 20.3 Å². The molecule has 142 valence electrons. The van der Waals surface area contributed by atoms with Crippen LogP contribution in [0.15, 0.2) is 18.2 Å². The number of nitrogens with zero attached hydrogens (tertiary/aromatic N) is 1. The molecule has 0 radical (unpaired) electrons. The molecule has 0 bridgehead atoms. The van der Waals surface area contributed by atoms with E-state index in [9.17, 15) is 9.59 Å². The van der Waals surface area contributed by atoms with Crippen LogP contribution in [0.2, 0.25) is 5.02 Å². The molecule has 1 aromatic carbocycles. The lowest BCUT2D eigenvalue weighted by atomic mass is 10.0. The molecule has 26 heavy (non-hydrogen) atoms. The van der Waals surface area contributed by atoms with Gasteiger partial charge in [0.2, 0.25) is 0 Å². The van der Waals surface area contributed by atoms with Crippen LogP contribution in [0.1, 0.15) is 25.3 Å². The number of methoxy groups -OCH3 is 2. The first-order chi connectivity index (χ1) is 12.4. The minimum absolute atomic E-state index is 0.160. The maximum absolute atomic E-state index is 12.1. The van der Waals surface area contributed by atoms with Gasteiger partial charge in [-0.05, 0) is 42.5 Å². The summed E-state index contributed by atoms with van der Waals surface area (Å²) >= 11 is 6.12. The summed E-state index contributed by atoms with van der Waals surface area (Å²) in [5, 5.41) is 0.370. The molecule has 1 aromatic rings. The van der Waals surface area contributed by atoms with Crippen LogP contribution in [0.5, 0.6) is 11.5 Å². The first kappa shape index (κ1) is 20.1. The summed E-state index contributed by atoms with van der Waals surface area (Å²) in [6.07, 6.45) is 4.91. The second kappa shape index (κ2) is 9.48. The Balaban J connectivity index is 1.91. The predicted octanol–water partition coefficient (Wildman–Crippen LogP) is 3.17. The van der Waals surface area contributed by atoms with Crippen LogP contribution < -0.4 is 9.47 Å². The van der Waals surface area contributed by atoms with E-state index in [4.69, 9.17) is 25.8 Å². The number of likely N-dealkylation sites (tertiary alicyclic amines) is 1. The van der Waals surface area contributed by atoms with Gasteiger partial charge in [0.25, 0.3) is 5.91 Å². The quantitative estimate of drug-likeness (QED) is 0.559. The van der Waals surface area contributed by atoms with Crippen molar-refractivity contribution in [1.82, 2.24) is 4.90 Å². The molecule has 1 saturated heterocycles. The lowest BCUT2D eigenvalue weighted by Crippen LogP contribution is -2.41. The molecule has 2 rings (SSSR count). The number of esters is 1. The topological polar surface area (TPSA) is 65.1 Å². The molecule has 0 aliphatic carbocycles. The number of rotatable bonds is 6. The third-order valence-electron chi connectivity index (χ3n) is 4.22. The second-order valence-corrected chi connectivity index (χ2v) is 6.67. The van der Waals surface area contributed by atoms with Gasteiger partial charge in [-0.2, -0.15) is 0 Å². The van der Waals surface area contributed by atoms with Crippen LogP contribution in [-0.2, 0) is 14.3 Å². The molecule has 6 nitrogen and oxygen atoms in total. The number of benzene rings is 1. The van der Waals surface area contributed by atoms with Crippen molar-refractivity contribution in [2.45, 2.75) is 19.8 Å². The third kappa shape index (κ3) is 5.39. The third-order valence-corrected chi connectivity index (χ3v) is 4.50. The summed E-state index contributed by atoms with van der Waals surface area (Å²) in [6.45, 7) is 3.31. The van der Waals surface area contributed by atoms with Crippen molar-refractivity contribution in [1.29, 1.82) is 0 Å². The molecule has 1 unspecified atom stereocenters. The zero-order chi connectivity index (χ0) is 19.1. The fourth-order valence-corrected chi connectivity index (χ4v) is 3.18. The molecule has 1 atom stereocenters. The molecule has 1 heterocycles. The van der Waals surface area contributed by atoms with Crippen LogP contribution in [0.25, 0.3) is 6.08 Å². The van der Waals surface area contributed by atoms with Crippen molar-refractivity contribution in [2.24, 2.45) is 5.92 Å². The summed E-state index contributed by atoms with van der Waals surface area (Å²) in [5.74, 6) is 0.623. The molecule has 0 N–H and O–H groups in total. The Kier molecular flexibility index (Phi) is 7.33. The van der Waals surface area contributed by atoms with Crippen molar-refractivity contribution in [2.75, 3.05) is 33.9 Å². The Morgan fingerprint density at radius 3 is 2.73 bits per heavy atom. The van der Waals surface area contributed by atoms with Crippen molar-refractivity contribution in [3.8, 4) is 11.5 Å². The average molecular weight is 382 g/mol. The van der Waals surface area contributed by atoms with E-state index in [0.717, 1.165) is 25.9 Å². The van der Waals surface area contributed by atoms with Gasteiger partial charge in [0.15, 0.2) is 18.1 Å². The van der Waals surface area contributed by atoms with E-state index in [1.807, 2.05) is 0 Å². The van der Waals surface area contributed by atoms with Gasteiger partial charge in [0, 0.05) is 19.2 Å². The lowest BCUT2D eigenvalue weighted by molar-refractivity contribution is -0.149. The number of ether oxygens (including phenoxy) is 3. The predicted molar refractivity (Wildman–Crippen MR) is 99.5 cm³/mol. The Labute approximate surface area is 158 Å². The van der Waals surface area contributed by atoms with Crippen molar-refractivity contribution in [3.05, 3.63) is 28.8 Å². The van der Waals surface area contributed by atoms with E-state index in [0.29, 0.717) is 28.0 Å². The number of hydrogen-bond donors (Lipinski definition) is 0. The average Bonchev–Trinajstić information content (AvgIpc) is 2.63. The molecule has 1 fully saturated rings. The highest BCUT2D eigenvalue weighted by atomic mass is 35.5. The van der Waals surface area contributed by atoms with Crippen LogP contribution in [-0.4, -0.2) is 50.7 Å². The van der Waals surface area contributed by atoms with E-state index in [2.05, 4.69) is 6.92 Å². The summed E-state index contributed by atoms with van der Waals surface area (Å²) in [6, 6.07) is 3.34. The molecule has 0 spiro atoms. The van der Waals surface area contributed by atoms with Gasteiger partial charge in [-0.1, -0.05) is 18.5 Å². The number of carbonyl (C=O) groups excluding carboxylic acids is 2. The Bertz CT molecular complexity index is 689. The SMILES string of the molecule is COc1cc(/C=C/C(=O)OCC(=O)N2CCCC(C)C2)cc(Cl)c1OC. The van der Waals surface area contributed by atoms with E-state index in [-0.39, 0.29) is 12.5 Å². The Morgan fingerprint density at radius 2 is 2.08 bits per heavy atom. The zero-order valence-electron chi connectivity index (χ0n) is 15.3. The minimum Gasteiger partial charge on any atom is -0.493 e.